The van der Waals surface area contributed by atoms with Gasteiger partial charge in [-0.15, -0.1) is 15.7 Å². The zero-order valence-electron chi connectivity index (χ0n) is 20.6. The van der Waals surface area contributed by atoms with Crippen molar-refractivity contribution in [2.24, 2.45) is 0 Å². The first-order valence-electron chi connectivity index (χ1n) is 11.4. The molecule has 0 saturated heterocycles. The number of ether oxygens (including phenoxy) is 2. The van der Waals surface area contributed by atoms with Crippen molar-refractivity contribution in [3.05, 3.63) is 102 Å². The number of nitrogens with zero attached hydrogens (tertiary/aromatic N) is 3. The summed E-state index contributed by atoms with van der Waals surface area (Å²) in [5.41, 5.74) is 1.21. The fourth-order valence-corrected chi connectivity index (χ4v) is 3.63. The molecular formula is C27H22N3O8S-. The van der Waals surface area contributed by atoms with Gasteiger partial charge in [-0.2, -0.15) is 11.0 Å². The van der Waals surface area contributed by atoms with Gasteiger partial charge in [-0.25, -0.2) is 14.3 Å². The van der Waals surface area contributed by atoms with E-state index < -0.39 is 35.2 Å². The molecule has 1 heterocycles. The molecule has 11 nitrogen and oxygen atoms in total. The minimum atomic E-state index is -1.72. The minimum Gasteiger partial charge on any atom is -0.561 e. The Morgan fingerprint density at radius 1 is 0.872 bits per heavy atom. The highest BCUT2D eigenvalue weighted by molar-refractivity contribution is 7.77. The molecule has 0 aliphatic rings. The van der Waals surface area contributed by atoms with E-state index in [0.29, 0.717) is 22.2 Å². The Morgan fingerprint density at radius 3 is 2.05 bits per heavy atom. The van der Waals surface area contributed by atoms with Crippen LogP contribution in [0.3, 0.4) is 0 Å². The molecule has 0 aliphatic heterocycles. The number of hydroxylamine groups is 2. The number of carbonyl (C=O) groups is 3. The molecule has 0 radical (unpaired) electrons. The standard InChI is InChI=1S/C27H22N3O8S/c1-19-17-24(28-30(19)20-13-15-23(16-14-20)38-39(2)34)25(31)18-29(26(32)35-21-9-5-3-6-10-21)37-27(33)36-22-11-7-4-8-12-22/h3-17H,2,18H2,1H3/q-1. The number of aromatic nitrogens is 2. The van der Waals surface area contributed by atoms with Crippen LogP contribution in [0.15, 0.2) is 91.0 Å². The Kier molecular flexibility index (Phi) is 8.59. The summed E-state index contributed by atoms with van der Waals surface area (Å²) in [4.78, 5) is 43.4. The number of benzene rings is 3. The quantitative estimate of drug-likeness (QED) is 0.0770. The number of para-hydroxylation sites is 2. The number of ketones is 1. The lowest BCUT2D eigenvalue weighted by Crippen LogP contribution is -2.40. The lowest BCUT2D eigenvalue weighted by molar-refractivity contribution is -0.0831. The summed E-state index contributed by atoms with van der Waals surface area (Å²) >= 11 is 0. The minimum absolute atomic E-state index is 0.00391. The van der Waals surface area contributed by atoms with Gasteiger partial charge in [-0.3, -0.25) is 9.63 Å². The third-order valence-corrected chi connectivity index (χ3v) is 5.39. The molecule has 0 bridgehead atoms. The number of Topliss-reactive ketones (excluding diaryl/α,β-unsaturated/α-hetero) is 1. The van der Waals surface area contributed by atoms with Crippen LogP contribution in [0.4, 0.5) is 9.59 Å². The van der Waals surface area contributed by atoms with Crippen molar-refractivity contribution in [3.8, 4) is 22.9 Å². The van der Waals surface area contributed by atoms with Crippen LogP contribution in [0.2, 0.25) is 0 Å². The van der Waals surface area contributed by atoms with Gasteiger partial charge < -0.3 is 17.9 Å². The lowest BCUT2D eigenvalue weighted by atomic mass is 10.2. The Morgan fingerprint density at radius 2 is 1.46 bits per heavy atom. The van der Waals surface area contributed by atoms with E-state index in [1.165, 1.54) is 35.0 Å². The summed E-state index contributed by atoms with van der Waals surface area (Å²) in [5.74, 6) is 3.33. The second-order valence-electron chi connectivity index (χ2n) is 7.86. The van der Waals surface area contributed by atoms with Crippen molar-refractivity contribution >= 4 is 34.6 Å². The number of rotatable bonds is 8. The van der Waals surface area contributed by atoms with Crippen LogP contribution in [-0.2, 0) is 19.7 Å². The third kappa shape index (κ3) is 7.46. The number of amides is 1. The van der Waals surface area contributed by atoms with Crippen LogP contribution >= 0.6 is 0 Å². The summed E-state index contributed by atoms with van der Waals surface area (Å²) in [5, 5.41) is 4.78. The Hall–Kier alpha value is -5.10. The van der Waals surface area contributed by atoms with Crippen LogP contribution in [0.1, 0.15) is 16.2 Å². The van der Waals surface area contributed by atoms with E-state index in [4.69, 9.17) is 18.5 Å². The van der Waals surface area contributed by atoms with Crippen molar-refractivity contribution in [2.45, 2.75) is 6.92 Å². The number of aryl methyl sites for hydroxylation is 1. The van der Waals surface area contributed by atoms with E-state index in [1.54, 1.807) is 67.6 Å². The lowest BCUT2D eigenvalue weighted by Gasteiger charge is -2.19. The maximum Gasteiger partial charge on any atom is 0.539 e. The second kappa shape index (κ2) is 12.4. The molecule has 0 fully saturated rings. The largest absolute Gasteiger partial charge is 0.561 e. The van der Waals surface area contributed by atoms with E-state index in [2.05, 4.69) is 11.0 Å². The van der Waals surface area contributed by atoms with Gasteiger partial charge >= 0.3 is 12.2 Å². The normalized spacial score (nSPS) is 10.5. The predicted molar refractivity (Wildman–Crippen MR) is 141 cm³/mol. The molecule has 200 valence electrons. The van der Waals surface area contributed by atoms with E-state index >= 15 is 0 Å². The molecule has 1 amide bonds. The van der Waals surface area contributed by atoms with Gasteiger partial charge in [0.2, 0.25) is 5.78 Å². The monoisotopic (exact) mass is 548 g/mol. The van der Waals surface area contributed by atoms with E-state index in [9.17, 15) is 18.6 Å². The molecule has 12 heteroatoms. The Balaban J connectivity index is 1.51. The van der Waals surface area contributed by atoms with Crippen molar-refractivity contribution in [1.82, 2.24) is 14.8 Å². The van der Waals surface area contributed by atoms with Crippen molar-refractivity contribution in [1.29, 1.82) is 0 Å². The zero-order chi connectivity index (χ0) is 27.8. The molecule has 4 aromatic rings. The maximum atomic E-state index is 13.1. The number of carbonyl (C=O) groups excluding carboxylic acids is 3. The van der Waals surface area contributed by atoms with Crippen LogP contribution in [0.5, 0.6) is 17.2 Å². The average molecular weight is 549 g/mol. The van der Waals surface area contributed by atoms with Gasteiger partial charge in [0.1, 0.15) is 23.7 Å². The summed E-state index contributed by atoms with van der Waals surface area (Å²) in [6, 6.07) is 24.1. The fraction of sp³-hybridized carbons (Fsp3) is 0.0741. The molecule has 39 heavy (non-hydrogen) atoms. The average Bonchev–Trinajstić information content (AvgIpc) is 3.31. The van der Waals surface area contributed by atoms with E-state index in [0.717, 1.165) is 0 Å². The van der Waals surface area contributed by atoms with Gasteiger partial charge in [-0.05, 0) is 61.5 Å². The van der Waals surface area contributed by atoms with Gasteiger partial charge in [0.15, 0.2) is 0 Å². The molecule has 0 unspecified atom stereocenters. The Labute approximate surface area is 225 Å². The molecule has 1 aromatic heterocycles. The summed E-state index contributed by atoms with van der Waals surface area (Å²) in [6.07, 6.45) is -2.36. The summed E-state index contributed by atoms with van der Waals surface area (Å²) < 4.78 is 28.0. The predicted octanol–water partition coefficient (Wildman–Crippen LogP) is 4.68. The molecule has 0 atom stereocenters. The molecule has 4 rings (SSSR count). The summed E-state index contributed by atoms with van der Waals surface area (Å²) in [6.45, 7) is 1.03. The number of hydrogen-bond donors (Lipinski definition) is 0. The van der Waals surface area contributed by atoms with Crippen LogP contribution < -0.4 is 13.7 Å². The van der Waals surface area contributed by atoms with Crippen molar-refractivity contribution < 1.29 is 37.1 Å². The first-order chi connectivity index (χ1) is 18.8. The molecule has 0 aliphatic carbocycles. The molecule has 3 aromatic carbocycles. The first kappa shape index (κ1) is 26.9. The van der Waals surface area contributed by atoms with Crippen LogP contribution in [0.25, 0.3) is 5.69 Å². The number of hydrogen-bond acceptors (Lipinski definition) is 10. The summed E-state index contributed by atoms with van der Waals surface area (Å²) in [7, 11) is -1.72. The smallest absolute Gasteiger partial charge is 0.539 e. The molecular weight excluding hydrogens is 526 g/mol. The van der Waals surface area contributed by atoms with Crippen LogP contribution in [-0.4, -0.2) is 45.3 Å². The molecule has 0 spiro atoms. The molecule has 0 N–H and O–H groups in total. The Bertz CT molecular complexity index is 1530. The topological polar surface area (TPSA) is 126 Å². The highest BCUT2D eigenvalue weighted by Crippen LogP contribution is 2.18. The van der Waals surface area contributed by atoms with Gasteiger partial charge in [0.05, 0.1) is 11.4 Å². The second-order valence-corrected chi connectivity index (χ2v) is 8.64. The zero-order valence-corrected chi connectivity index (χ0v) is 21.4. The maximum absolute atomic E-state index is 13.1. The van der Waals surface area contributed by atoms with Gasteiger partial charge in [-0.1, -0.05) is 36.4 Å². The first-order valence-corrected chi connectivity index (χ1v) is 12.6. The van der Waals surface area contributed by atoms with Crippen molar-refractivity contribution in [2.75, 3.05) is 6.54 Å². The SMILES string of the molecule is C=[S-](=O)Oc1ccc(-n2nc(C(=O)CN(OC(=O)Oc3ccccc3)C(=O)Oc3ccccc3)cc2C)cc1. The fourth-order valence-electron chi connectivity index (χ4n) is 3.30. The van der Waals surface area contributed by atoms with Crippen LogP contribution in [0, 0.1) is 6.92 Å². The van der Waals surface area contributed by atoms with Gasteiger partial charge in [0, 0.05) is 5.69 Å². The molecule has 0 saturated carbocycles. The van der Waals surface area contributed by atoms with E-state index in [1.807, 2.05) is 0 Å². The highest BCUT2D eigenvalue weighted by Gasteiger charge is 2.27. The van der Waals surface area contributed by atoms with Gasteiger partial charge in [0.25, 0.3) is 0 Å². The van der Waals surface area contributed by atoms with Crippen molar-refractivity contribution in [3.63, 3.8) is 0 Å². The third-order valence-electron chi connectivity index (χ3n) is 5.01. The highest BCUT2D eigenvalue weighted by atomic mass is 32.2. The van der Waals surface area contributed by atoms with E-state index in [-0.39, 0.29) is 17.2 Å².